The van der Waals surface area contributed by atoms with Gasteiger partial charge in [-0.1, -0.05) is 18.7 Å². The molecule has 1 heterocycles. The fourth-order valence-corrected chi connectivity index (χ4v) is 1.70. The van der Waals surface area contributed by atoms with Gasteiger partial charge >= 0.3 is 5.97 Å². The molecule has 0 saturated heterocycles. The molecule has 0 amide bonds. The number of nitrogens with one attached hydrogen (secondary N) is 1. The Kier molecular flexibility index (Phi) is 3.94. The van der Waals surface area contributed by atoms with Crippen LogP contribution in [0.2, 0.25) is 0 Å². The molecular formula is C8H13N3O2S. The van der Waals surface area contributed by atoms with E-state index in [4.69, 9.17) is 0 Å². The molecule has 1 aromatic heterocycles. The number of hydrogen-bond acceptors (Lipinski definition) is 5. The van der Waals surface area contributed by atoms with Crippen molar-refractivity contribution in [3.05, 3.63) is 5.82 Å². The summed E-state index contributed by atoms with van der Waals surface area (Å²) in [5.74, 6) is 1.07. The van der Waals surface area contributed by atoms with Crippen LogP contribution in [0.4, 0.5) is 0 Å². The number of carbonyl (C=O) groups is 1. The van der Waals surface area contributed by atoms with E-state index in [2.05, 4.69) is 19.9 Å². The number of thioether (sulfide) groups is 1. The number of carbonyl (C=O) groups excluding carboxylic acids is 1. The second kappa shape index (κ2) is 4.99. The van der Waals surface area contributed by atoms with Crippen molar-refractivity contribution in [3.8, 4) is 0 Å². The van der Waals surface area contributed by atoms with E-state index < -0.39 is 0 Å². The fourth-order valence-electron chi connectivity index (χ4n) is 0.855. The van der Waals surface area contributed by atoms with Crippen molar-refractivity contribution in [1.29, 1.82) is 0 Å². The number of esters is 1. The molecule has 0 radical (unpaired) electrons. The normalized spacial score (nSPS) is 12.5. The number of hydrogen-bond donors (Lipinski definition) is 1. The molecule has 1 atom stereocenters. The number of H-pyrrole nitrogens is 1. The molecule has 0 bridgehead atoms. The second-order valence-electron chi connectivity index (χ2n) is 2.94. The Morgan fingerprint density at radius 3 is 2.93 bits per heavy atom. The van der Waals surface area contributed by atoms with Crippen LogP contribution in [-0.2, 0) is 9.53 Å². The van der Waals surface area contributed by atoms with Gasteiger partial charge in [0.15, 0.2) is 0 Å². The predicted molar refractivity (Wildman–Crippen MR) is 53.0 cm³/mol. The molecule has 1 N–H and O–H groups in total. The summed E-state index contributed by atoms with van der Waals surface area (Å²) in [6.07, 6.45) is 0. The minimum absolute atomic E-state index is 0.135. The van der Waals surface area contributed by atoms with Gasteiger partial charge in [0, 0.05) is 5.75 Å². The van der Waals surface area contributed by atoms with Crippen LogP contribution in [0.15, 0.2) is 5.16 Å². The van der Waals surface area contributed by atoms with Crippen molar-refractivity contribution in [2.24, 2.45) is 5.92 Å². The highest BCUT2D eigenvalue weighted by molar-refractivity contribution is 7.99. The lowest BCUT2D eigenvalue weighted by atomic mass is 10.2. The van der Waals surface area contributed by atoms with Gasteiger partial charge in [0.05, 0.1) is 13.0 Å². The number of rotatable bonds is 4. The molecule has 0 fully saturated rings. The second-order valence-corrected chi connectivity index (χ2v) is 3.93. The van der Waals surface area contributed by atoms with E-state index in [1.807, 2.05) is 13.8 Å². The van der Waals surface area contributed by atoms with Crippen molar-refractivity contribution in [2.45, 2.75) is 19.0 Å². The zero-order valence-electron chi connectivity index (χ0n) is 8.40. The van der Waals surface area contributed by atoms with Gasteiger partial charge in [-0.25, -0.2) is 4.98 Å². The summed E-state index contributed by atoms with van der Waals surface area (Å²) >= 11 is 1.44. The van der Waals surface area contributed by atoms with Crippen LogP contribution in [0.1, 0.15) is 12.7 Å². The maximum atomic E-state index is 11.1. The van der Waals surface area contributed by atoms with E-state index >= 15 is 0 Å². The zero-order chi connectivity index (χ0) is 10.6. The highest BCUT2D eigenvalue weighted by atomic mass is 32.2. The molecule has 6 heteroatoms. The van der Waals surface area contributed by atoms with Crippen LogP contribution in [0.5, 0.6) is 0 Å². The van der Waals surface area contributed by atoms with E-state index in [0.717, 1.165) is 5.82 Å². The summed E-state index contributed by atoms with van der Waals surface area (Å²) in [6, 6.07) is 0. The van der Waals surface area contributed by atoms with Gasteiger partial charge in [-0.15, -0.1) is 5.10 Å². The maximum absolute atomic E-state index is 11.1. The monoisotopic (exact) mass is 215 g/mol. The lowest BCUT2D eigenvalue weighted by molar-refractivity contribution is -0.143. The standard InChI is InChI=1S/C8H13N3O2S/c1-5(7(12)13-3)4-14-8-9-6(2)10-11-8/h5H,4H2,1-3H3,(H,9,10,11). The third-order valence-electron chi connectivity index (χ3n) is 1.64. The first-order valence-electron chi connectivity index (χ1n) is 4.23. The van der Waals surface area contributed by atoms with Gasteiger partial charge in [0.25, 0.3) is 0 Å². The first kappa shape index (κ1) is 11.0. The third-order valence-corrected chi connectivity index (χ3v) is 2.75. The molecule has 0 aromatic carbocycles. The van der Waals surface area contributed by atoms with Crippen LogP contribution in [0.3, 0.4) is 0 Å². The Bertz CT molecular complexity index is 313. The molecule has 0 aliphatic rings. The number of aromatic amines is 1. The Morgan fingerprint density at radius 2 is 2.43 bits per heavy atom. The first-order valence-corrected chi connectivity index (χ1v) is 5.21. The van der Waals surface area contributed by atoms with Crippen molar-refractivity contribution >= 4 is 17.7 Å². The Hall–Kier alpha value is -1.04. The Balaban J connectivity index is 2.37. The summed E-state index contributed by atoms with van der Waals surface area (Å²) < 4.78 is 4.60. The van der Waals surface area contributed by atoms with Crippen LogP contribution in [-0.4, -0.2) is 34.0 Å². The summed E-state index contributed by atoms with van der Waals surface area (Å²) in [7, 11) is 1.39. The molecule has 1 aromatic rings. The third kappa shape index (κ3) is 3.02. The van der Waals surface area contributed by atoms with Crippen molar-refractivity contribution in [2.75, 3.05) is 12.9 Å². The predicted octanol–water partition coefficient (Wildman–Crippen LogP) is 1.01. The van der Waals surface area contributed by atoms with Gasteiger partial charge in [-0.3, -0.25) is 9.89 Å². The SMILES string of the molecule is COC(=O)C(C)CSc1n[nH]c(C)n1. The average Bonchev–Trinajstić information content (AvgIpc) is 2.59. The molecule has 5 nitrogen and oxygen atoms in total. The van der Waals surface area contributed by atoms with Crippen LogP contribution >= 0.6 is 11.8 Å². The van der Waals surface area contributed by atoms with Crippen molar-refractivity contribution in [3.63, 3.8) is 0 Å². The largest absolute Gasteiger partial charge is 0.469 e. The molecule has 14 heavy (non-hydrogen) atoms. The van der Waals surface area contributed by atoms with Crippen LogP contribution < -0.4 is 0 Å². The van der Waals surface area contributed by atoms with E-state index in [0.29, 0.717) is 10.9 Å². The molecule has 78 valence electrons. The number of methoxy groups -OCH3 is 1. The highest BCUT2D eigenvalue weighted by Gasteiger charge is 2.14. The summed E-state index contributed by atoms with van der Waals surface area (Å²) in [4.78, 5) is 15.2. The fraction of sp³-hybridized carbons (Fsp3) is 0.625. The molecule has 0 aliphatic carbocycles. The van der Waals surface area contributed by atoms with Gasteiger partial charge in [-0.05, 0) is 6.92 Å². The molecule has 0 spiro atoms. The van der Waals surface area contributed by atoms with Gasteiger partial charge < -0.3 is 4.74 Å². The maximum Gasteiger partial charge on any atom is 0.309 e. The minimum Gasteiger partial charge on any atom is -0.469 e. The smallest absolute Gasteiger partial charge is 0.309 e. The molecule has 1 rings (SSSR count). The summed E-state index contributed by atoms with van der Waals surface area (Å²) in [5, 5.41) is 7.35. The van der Waals surface area contributed by atoms with Crippen molar-refractivity contribution in [1.82, 2.24) is 15.2 Å². The van der Waals surface area contributed by atoms with E-state index in [9.17, 15) is 4.79 Å². The topological polar surface area (TPSA) is 67.9 Å². The van der Waals surface area contributed by atoms with E-state index in [1.54, 1.807) is 0 Å². The Morgan fingerprint density at radius 1 is 1.71 bits per heavy atom. The number of ether oxygens (including phenoxy) is 1. The van der Waals surface area contributed by atoms with Crippen LogP contribution in [0.25, 0.3) is 0 Å². The van der Waals surface area contributed by atoms with Gasteiger partial charge in [-0.2, -0.15) is 0 Å². The van der Waals surface area contributed by atoms with E-state index in [-0.39, 0.29) is 11.9 Å². The average molecular weight is 215 g/mol. The molecule has 1 unspecified atom stereocenters. The van der Waals surface area contributed by atoms with Crippen molar-refractivity contribution < 1.29 is 9.53 Å². The molecule has 0 aliphatic heterocycles. The quantitative estimate of drug-likeness (QED) is 0.599. The highest BCUT2D eigenvalue weighted by Crippen LogP contribution is 2.16. The zero-order valence-corrected chi connectivity index (χ0v) is 9.22. The van der Waals surface area contributed by atoms with E-state index in [1.165, 1.54) is 18.9 Å². The summed E-state index contributed by atoms with van der Waals surface area (Å²) in [6.45, 7) is 3.65. The minimum atomic E-state index is -0.204. The lowest BCUT2D eigenvalue weighted by Crippen LogP contribution is -2.14. The van der Waals surface area contributed by atoms with Gasteiger partial charge in [0.2, 0.25) is 5.16 Å². The lowest BCUT2D eigenvalue weighted by Gasteiger charge is -2.05. The first-order chi connectivity index (χ1) is 6.63. The molecule has 0 saturated carbocycles. The van der Waals surface area contributed by atoms with Crippen LogP contribution in [0, 0.1) is 12.8 Å². The number of nitrogens with zero attached hydrogens (tertiary/aromatic N) is 2. The Labute approximate surface area is 86.6 Å². The molecular weight excluding hydrogens is 202 g/mol. The number of aryl methyl sites for hydroxylation is 1. The van der Waals surface area contributed by atoms with Gasteiger partial charge in [0.1, 0.15) is 5.82 Å². The summed E-state index contributed by atoms with van der Waals surface area (Å²) in [5.41, 5.74) is 0. The number of aromatic nitrogens is 3.